The number of carbonyl (C=O) groups is 2. The van der Waals surface area contributed by atoms with Crippen LogP contribution in [0.3, 0.4) is 0 Å². The molecule has 0 saturated carbocycles. The van der Waals surface area contributed by atoms with Crippen LogP contribution < -0.4 is 16.4 Å². The fourth-order valence-corrected chi connectivity index (χ4v) is 2.12. The van der Waals surface area contributed by atoms with Gasteiger partial charge < -0.3 is 16.4 Å². The third kappa shape index (κ3) is 4.54. The summed E-state index contributed by atoms with van der Waals surface area (Å²) >= 11 is 0. The van der Waals surface area contributed by atoms with Crippen molar-refractivity contribution in [2.75, 3.05) is 11.9 Å². The van der Waals surface area contributed by atoms with Crippen LogP contribution in [0.4, 0.5) is 5.69 Å². The van der Waals surface area contributed by atoms with E-state index < -0.39 is 5.91 Å². The molecule has 1 fully saturated rings. The van der Waals surface area contributed by atoms with E-state index in [0.717, 1.165) is 19.4 Å². The van der Waals surface area contributed by atoms with Gasteiger partial charge in [0.05, 0.1) is 0 Å². The highest BCUT2D eigenvalue weighted by Crippen LogP contribution is 2.13. The van der Waals surface area contributed by atoms with Crippen molar-refractivity contribution in [2.24, 2.45) is 5.73 Å². The summed E-state index contributed by atoms with van der Waals surface area (Å²) in [6.07, 6.45) is 2.62. The summed E-state index contributed by atoms with van der Waals surface area (Å²) in [6.45, 7) is 0.981. The average molecular weight is 284 g/mol. The Balaban J connectivity index is 0.00000180. The maximum Gasteiger partial charge on any atom is 0.248 e. The molecule has 0 bridgehead atoms. The van der Waals surface area contributed by atoms with Gasteiger partial charge in [0.25, 0.3) is 0 Å². The molecule has 2 amide bonds. The van der Waals surface area contributed by atoms with Crippen LogP contribution in [-0.4, -0.2) is 24.4 Å². The van der Waals surface area contributed by atoms with Crippen molar-refractivity contribution in [3.05, 3.63) is 29.8 Å². The maximum absolute atomic E-state index is 11.8. The van der Waals surface area contributed by atoms with Crippen LogP contribution in [0, 0.1) is 0 Å². The van der Waals surface area contributed by atoms with Crippen LogP contribution in [0.15, 0.2) is 24.3 Å². The second-order valence-electron chi connectivity index (χ2n) is 4.49. The number of nitrogens with one attached hydrogen (secondary N) is 2. The highest BCUT2D eigenvalue weighted by molar-refractivity contribution is 5.96. The van der Waals surface area contributed by atoms with Gasteiger partial charge in [-0.2, -0.15) is 0 Å². The number of carbonyl (C=O) groups excluding carboxylic acids is 2. The first-order valence-electron chi connectivity index (χ1n) is 6.08. The lowest BCUT2D eigenvalue weighted by atomic mass is 10.1. The van der Waals surface area contributed by atoms with Crippen molar-refractivity contribution >= 4 is 29.9 Å². The van der Waals surface area contributed by atoms with Gasteiger partial charge in [0.15, 0.2) is 0 Å². The monoisotopic (exact) mass is 283 g/mol. The molecule has 2 rings (SSSR count). The van der Waals surface area contributed by atoms with E-state index in [-0.39, 0.29) is 24.4 Å². The fourth-order valence-electron chi connectivity index (χ4n) is 2.12. The standard InChI is InChI=1S/C13H17N3O2.ClH/c14-13(18)9-3-1-4-11(7-9)16-12(17)8-10-5-2-6-15-10;/h1,3-4,7,10,15H,2,5-6,8H2,(H2,14,18)(H,16,17);1H. The number of halogens is 1. The van der Waals surface area contributed by atoms with E-state index in [9.17, 15) is 9.59 Å². The van der Waals surface area contributed by atoms with E-state index in [1.54, 1.807) is 24.3 Å². The summed E-state index contributed by atoms with van der Waals surface area (Å²) in [6, 6.07) is 6.92. The van der Waals surface area contributed by atoms with Gasteiger partial charge >= 0.3 is 0 Å². The second-order valence-corrected chi connectivity index (χ2v) is 4.49. The minimum absolute atomic E-state index is 0. The number of amides is 2. The number of anilines is 1. The second kappa shape index (κ2) is 7.11. The Bertz CT molecular complexity index is 459. The SMILES string of the molecule is Cl.NC(=O)c1cccc(NC(=O)CC2CCCN2)c1. The molecule has 4 N–H and O–H groups in total. The van der Waals surface area contributed by atoms with E-state index in [1.807, 2.05) is 0 Å². The Morgan fingerprint density at radius 1 is 1.42 bits per heavy atom. The smallest absolute Gasteiger partial charge is 0.248 e. The van der Waals surface area contributed by atoms with Crippen molar-refractivity contribution < 1.29 is 9.59 Å². The summed E-state index contributed by atoms with van der Waals surface area (Å²) in [7, 11) is 0. The van der Waals surface area contributed by atoms with Crippen molar-refractivity contribution in [1.82, 2.24) is 5.32 Å². The molecular formula is C13H18ClN3O2. The molecule has 1 atom stereocenters. The predicted octanol–water partition coefficient (Wildman–Crippen LogP) is 1.29. The molecule has 0 aromatic heterocycles. The number of primary amides is 1. The number of rotatable bonds is 4. The molecule has 1 aromatic carbocycles. The molecule has 1 unspecified atom stereocenters. The van der Waals surface area contributed by atoms with Gasteiger partial charge in [-0.25, -0.2) is 0 Å². The largest absolute Gasteiger partial charge is 0.366 e. The van der Waals surface area contributed by atoms with Gasteiger partial charge in [0, 0.05) is 23.7 Å². The van der Waals surface area contributed by atoms with E-state index in [4.69, 9.17) is 5.73 Å². The molecule has 1 heterocycles. The van der Waals surface area contributed by atoms with Crippen LogP contribution in [0.2, 0.25) is 0 Å². The summed E-state index contributed by atoms with van der Waals surface area (Å²) < 4.78 is 0. The van der Waals surface area contributed by atoms with Gasteiger partial charge in [-0.3, -0.25) is 9.59 Å². The Morgan fingerprint density at radius 3 is 2.84 bits per heavy atom. The number of hydrogen-bond acceptors (Lipinski definition) is 3. The Labute approximate surface area is 118 Å². The molecule has 1 saturated heterocycles. The van der Waals surface area contributed by atoms with Crippen LogP contribution in [0.5, 0.6) is 0 Å². The van der Waals surface area contributed by atoms with E-state index >= 15 is 0 Å². The summed E-state index contributed by atoms with van der Waals surface area (Å²) in [5, 5.41) is 6.05. The molecule has 5 nitrogen and oxygen atoms in total. The zero-order valence-corrected chi connectivity index (χ0v) is 11.3. The zero-order chi connectivity index (χ0) is 13.0. The average Bonchev–Trinajstić information content (AvgIpc) is 2.82. The van der Waals surface area contributed by atoms with E-state index in [0.29, 0.717) is 17.7 Å². The highest BCUT2D eigenvalue weighted by atomic mass is 35.5. The van der Waals surface area contributed by atoms with Crippen LogP contribution >= 0.6 is 12.4 Å². The van der Waals surface area contributed by atoms with Gasteiger partial charge in [-0.15, -0.1) is 12.4 Å². The third-order valence-corrected chi connectivity index (χ3v) is 3.03. The lowest BCUT2D eigenvalue weighted by Gasteiger charge is -2.10. The number of hydrogen-bond donors (Lipinski definition) is 3. The molecule has 1 aliphatic heterocycles. The zero-order valence-electron chi connectivity index (χ0n) is 10.5. The van der Waals surface area contributed by atoms with Gasteiger partial charge in [0.2, 0.25) is 11.8 Å². The first-order chi connectivity index (χ1) is 8.65. The van der Waals surface area contributed by atoms with Crippen LogP contribution in [-0.2, 0) is 4.79 Å². The van der Waals surface area contributed by atoms with E-state index in [1.165, 1.54) is 0 Å². The predicted molar refractivity (Wildman–Crippen MR) is 76.5 cm³/mol. The Kier molecular flexibility index (Phi) is 5.79. The highest BCUT2D eigenvalue weighted by Gasteiger charge is 2.17. The number of benzene rings is 1. The van der Waals surface area contributed by atoms with Gasteiger partial charge in [0.1, 0.15) is 0 Å². The first-order valence-corrected chi connectivity index (χ1v) is 6.08. The molecule has 1 aromatic rings. The van der Waals surface area contributed by atoms with Crippen LogP contribution in [0.25, 0.3) is 0 Å². The summed E-state index contributed by atoms with van der Waals surface area (Å²) in [5.74, 6) is -0.542. The van der Waals surface area contributed by atoms with Crippen LogP contribution in [0.1, 0.15) is 29.6 Å². The third-order valence-electron chi connectivity index (χ3n) is 3.03. The minimum Gasteiger partial charge on any atom is -0.366 e. The van der Waals surface area contributed by atoms with Gasteiger partial charge in [-0.05, 0) is 37.6 Å². The lowest BCUT2D eigenvalue weighted by Crippen LogP contribution is -2.27. The molecule has 1 aliphatic rings. The normalized spacial score (nSPS) is 17.6. The fraction of sp³-hybridized carbons (Fsp3) is 0.385. The first kappa shape index (κ1) is 15.5. The molecular weight excluding hydrogens is 266 g/mol. The molecule has 19 heavy (non-hydrogen) atoms. The molecule has 6 heteroatoms. The summed E-state index contributed by atoms with van der Waals surface area (Å²) in [5.41, 5.74) is 6.18. The van der Waals surface area contributed by atoms with E-state index in [2.05, 4.69) is 10.6 Å². The minimum atomic E-state index is -0.497. The number of nitrogens with two attached hydrogens (primary N) is 1. The van der Waals surface area contributed by atoms with Crippen molar-refractivity contribution in [2.45, 2.75) is 25.3 Å². The molecule has 0 aliphatic carbocycles. The van der Waals surface area contributed by atoms with Gasteiger partial charge in [-0.1, -0.05) is 6.07 Å². The summed E-state index contributed by atoms with van der Waals surface area (Å²) in [4.78, 5) is 22.8. The van der Waals surface area contributed by atoms with Crippen molar-refractivity contribution in [3.8, 4) is 0 Å². The van der Waals surface area contributed by atoms with Crippen molar-refractivity contribution in [3.63, 3.8) is 0 Å². The molecule has 0 radical (unpaired) electrons. The van der Waals surface area contributed by atoms with Crippen molar-refractivity contribution in [1.29, 1.82) is 0 Å². The maximum atomic E-state index is 11.8. The Morgan fingerprint density at radius 2 is 2.21 bits per heavy atom. The molecule has 104 valence electrons. The topological polar surface area (TPSA) is 84.2 Å². The molecule has 0 spiro atoms. The lowest BCUT2D eigenvalue weighted by molar-refractivity contribution is -0.116. The Hall–Kier alpha value is -1.59. The quantitative estimate of drug-likeness (QED) is 0.778.